The van der Waals surface area contributed by atoms with Crippen LogP contribution < -0.4 is 0 Å². The van der Waals surface area contributed by atoms with E-state index in [1.54, 1.807) is 48.5 Å². The van der Waals surface area contributed by atoms with E-state index in [-0.39, 0.29) is 11.3 Å². The van der Waals surface area contributed by atoms with Gasteiger partial charge in [-0.1, -0.05) is 35.3 Å². The van der Waals surface area contributed by atoms with E-state index in [4.69, 9.17) is 23.2 Å². The summed E-state index contributed by atoms with van der Waals surface area (Å²) in [5, 5.41) is 12.0. The summed E-state index contributed by atoms with van der Waals surface area (Å²) in [4.78, 5) is 29.2. The molecule has 5 nitrogen and oxygen atoms in total. The summed E-state index contributed by atoms with van der Waals surface area (Å²) in [6, 6.07) is 12.8. The number of carbonyl (C=O) groups excluding carboxylic acids is 2. The fourth-order valence-electron chi connectivity index (χ4n) is 3.42. The maximum absolute atomic E-state index is 12.9. The summed E-state index contributed by atoms with van der Waals surface area (Å²) in [6.45, 7) is 1.17. The summed E-state index contributed by atoms with van der Waals surface area (Å²) >= 11 is 11.9. The maximum atomic E-state index is 12.9. The smallest absolute Gasteiger partial charge is 0.295 e. The average molecular weight is 433 g/mol. The zero-order valence-electron chi connectivity index (χ0n) is 16.2. The fourth-order valence-corrected chi connectivity index (χ4v) is 3.67. The lowest BCUT2D eigenvalue weighted by atomic mass is 9.95. The summed E-state index contributed by atoms with van der Waals surface area (Å²) < 4.78 is 0. The molecular weight excluding hydrogens is 411 g/mol. The van der Waals surface area contributed by atoms with Gasteiger partial charge in [0.05, 0.1) is 11.6 Å². The third kappa shape index (κ3) is 4.64. The van der Waals surface area contributed by atoms with Crippen molar-refractivity contribution in [1.29, 1.82) is 0 Å². The van der Waals surface area contributed by atoms with Crippen molar-refractivity contribution in [2.24, 2.45) is 0 Å². The Kier molecular flexibility index (Phi) is 6.63. The van der Waals surface area contributed by atoms with E-state index in [1.165, 1.54) is 4.90 Å². The molecule has 3 rings (SSSR count). The van der Waals surface area contributed by atoms with Gasteiger partial charge in [0.25, 0.3) is 11.7 Å². The molecule has 0 saturated carbocycles. The van der Waals surface area contributed by atoms with Gasteiger partial charge in [0, 0.05) is 22.2 Å². The van der Waals surface area contributed by atoms with Gasteiger partial charge in [-0.05, 0) is 69.0 Å². The zero-order valence-corrected chi connectivity index (χ0v) is 17.7. The molecule has 2 aromatic carbocycles. The van der Waals surface area contributed by atoms with Gasteiger partial charge in [0.15, 0.2) is 0 Å². The van der Waals surface area contributed by atoms with Gasteiger partial charge in [0.1, 0.15) is 5.76 Å². The third-order valence-electron chi connectivity index (χ3n) is 4.85. The van der Waals surface area contributed by atoms with Crippen LogP contribution in [-0.2, 0) is 9.59 Å². The minimum absolute atomic E-state index is 0.0736. The molecule has 1 aliphatic heterocycles. The first-order valence-corrected chi connectivity index (χ1v) is 9.99. The van der Waals surface area contributed by atoms with Crippen molar-refractivity contribution in [1.82, 2.24) is 9.80 Å². The van der Waals surface area contributed by atoms with Gasteiger partial charge in [-0.2, -0.15) is 0 Å². The summed E-state index contributed by atoms with van der Waals surface area (Å²) in [5.41, 5.74) is 1.22. The highest BCUT2D eigenvalue weighted by molar-refractivity contribution is 6.46. The number of aliphatic hydroxyl groups excluding tert-OH is 1. The van der Waals surface area contributed by atoms with Crippen LogP contribution in [0, 0.1) is 0 Å². The van der Waals surface area contributed by atoms with Gasteiger partial charge >= 0.3 is 0 Å². The number of likely N-dealkylation sites (tertiary alicyclic amines) is 1. The van der Waals surface area contributed by atoms with Crippen LogP contribution in [-0.4, -0.2) is 53.8 Å². The zero-order chi connectivity index (χ0) is 21.1. The van der Waals surface area contributed by atoms with Crippen LogP contribution in [0.3, 0.4) is 0 Å². The molecule has 1 atom stereocenters. The normalized spacial score (nSPS) is 18.7. The van der Waals surface area contributed by atoms with Gasteiger partial charge in [-0.15, -0.1) is 0 Å². The van der Waals surface area contributed by atoms with Crippen molar-refractivity contribution in [3.63, 3.8) is 0 Å². The van der Waals surface area contributed by atoms with E-state index in [0.29, 0.717) is 34.1 Å². The Morgan fingerprint density at radius 2 is 1.55 bits per heavy atom. The van der Waals surface area contributed by atoms with Crippen LogP contribution in [0.15, 0.2) is 54.1 Å². The number of amides is 1. The Bertz CT molecular complexity index is 938. The van der Waals surface area contributed by atoms with Crippen molar-refractivity contribution in [2.45, 2.75) is 12.5 Å². The molecule has 29 heavy (non-hydrogen) atoms. The Morgan fingerprint density at radius 1 is 1.00 bits per heavy atom. The van der Waals surface area contributed by atoms with Gasteiger partial charge in [-0.25, -0.2) is 0 Å². The Balaban J connectivity index is 2.07. The molecule has 1 fully saturated rings. The number of hydrogen-bond donors (Lipinski definition) is 1. The average Bonchev–Trinajstić information content (AvgIpc) is 2.93. The van der Waals surface area contributed by atoms with Crippen LogP contribution >= 0.6 is 23.2 Å². The number of rotatable bonds is 6. The van der Waals surface area contributed by atoms with Gasteiger partial charge < -0.3 is 14.9 Å². The molecule has 1 amide bonds. The second-order valence-electron chi connectivity index (χ2n) is 7.21. The lowest BCUT2D eigenvalue weighted by Crippen LogP contribution is -2.32. The number of benzene rings is 2. The molecule has 0 aromatic heterocycles. The minimum atomic E-state index is -0.692. The quantitative estimate of drug-likeness (QED) is 0.418. The maximum Gasteiger partial charge on any atom is 0.295 e. The summed E-state index contributed by atoms with van der Waals surface area (Å²) in [6.07, 6.45) is 0.700. The molecule has 0 aliphatic carbocycles. The number of hydrogen-bond acceptors (Lipinski definition) is 4. The fraction of sp³-hybridized carbons (Fsp3) is 0.273. The molecular formula is C22H22Cl2N2O3. The molecule has 1 unspecified atom stereocenters. The van der Waals surface area contributed by atoms with Crippen molar-refractivity contribution < 1.29 is 14.7 Å². The Hall–Kier alpha value is -2.34. The van der Waals surface area contributed by atoms with Crippen molar-refractivity contribution >= 4 is 40.7 Å². The van der Waals surface area contributed by atoms with E-state index in [9.17, 15) is 14.7 Å². The Labute approximate surface area is 180 Å². The van der Waals surface area contributed by atoms with E-state index >= 15 is 0 Å². The predicted octanol–water partition coefficient (Wildman–Crippen LogP) is 4.37. The Morgan fingerprint density at radius 3 is 2.10 bits per heavy atom. The van der Waals surface area contributed by atoms with E-state index in [1.807, 2.05) is 19.0 Å². The van der Waals surface area contributed by atoms with Crippen molar-refractivity contribution in [3.8, 4) is 0 Å². The summed E-state index contributed by atoms with van der Waals surface area (Å²) in [7, 11) is 3.90. The monoisotopic (exact) mass is 432 g/mol. The van der Waals surface area contributed by atoms with Crippen molar-refractivity contribution in [2.75, 3.05) is 27.2 Å². The highest BCUT2D eigenvalue weighted by Gasteiger charge is 2.45. The first kappa shape index (κ1) is 21.4. The number of aliphatic hydroxyl groups is 1. The molecule has 1 saturated heterocycles. The second kappa shape index (κ2) is 8.99. The number of ketones is 1. The molecule has 0 spiro atoms. The van der Waals surface area contributed by atoms with Crippen LogP contribution in [0.25, 0.3) is 5.76 Å². The SMILES string of the molecule is CN(C)CCCN1C(=O)C(=O)/C(=C(/O)c2ccc(Cl)cc2)C1c1ccc(Cl)cc1. The molecule has 2 aromatic rings. The topological polar surface area (TPSA) is 60.9 Å². The molecule has 1 heterocycles. The van der Waals surface area contributed by atoms with Crippen LogP contribution in [0.2, 0.25) is 10.0 Å². The lowest BCUT2D eigenvalue weighted by Gasteiger charge is -2.26. The number of Topliss-reactive ketones (excluding diaryl/α,β-unsaturated/α-hetero) is 1. The van der Waals surface area contributed by atoms with Crippen LogP contribution in [0.5, 0.6) is 0 Å². The van der Waals surface area contributed by atoms with E-state index in [0.717, 1.165) is 6.54 Å². The molecule has 7 heteroatoms. The molecule has 1 aliphatic rings. The third-order valence-corrected chi connectivity index (χ3v) is 5.35. The van der Waals surface area contributed by atoms with Crippen molar-refractivity contribution in [3.05, 3.63) is 75.3 Å². The van der Waals surface area contributed by atoms with Crippen LogP contribution in [0.1, 0.15) is 23.6 Å². The molecule has 0 radical (unpaired) electrons. The van der Waals surface area contributed by atoms with Gasteiger partial charge in [-0.3, -0.25) is 9.59 Å². The first-order valence-electron chi connectivity index (χ1n) is 9.24. The number of carbonyl (C=O) groups is 2. The van der Waals surface area contributed by atoms with Gasteiger partial charge in [0.2, 0.25) is 0 Å². The highest BCUT2D eigenvalue weighted by atomic mass is 35.5. The van der Waals surface area contributed by atoms with E-state index in [2.05, 4.69) is 0 Å². The largest absolute Gasteiger partial charge is 0.507 e. The number of nitrogens with zero attached hydrogens (tertiary/aromatic N) is 2. The summed E-state index contributed by atoms with van der Waals surface area (Å²) in [5.74, 6) is -1.52. The highest BCUT2D eigenvalue weighted by Crippen LogP contribution is 2.39. The molecule has 1 N–H and O–H groups in total. The predicted molar refractivity (Wildman–Crippen MR) is 115 cm³/mol. The minimum Gasteiger partial charge on any atom is -0.507 e. The van der Waals surface area contributed by atoms with E-state index < -0.39 is 17.7 Å². The molecule has 152 valence electrons. The molecule has 0 bridgehead atoms. The number of halogens is 2. The van der Waals surface area contributed by atoms with Crippen LogP contribution in [0.4, 0.5) is 0 Å². The lowest BCUT2D eigenvalue weighted by molar-refractivity contribution is -0.139. The second-order valence-corrected chi connectivity index (χ2v) is 8.08. The first-order chi connectivity index (χ1) is 13.8. The standard InChI is InChI=1S/C22H22Cl2N2O3/c1-25(2)12-3-13-26-19(14-4-8-16(23)9-5-14)18(21(28)22(26)29)20(27)15-6-10-17(24)11-7-15/h4-11,19,27H,3,12-13H2,1-2H3/b20-18+.